The summed E-state index contributed by atoms with van der Waals surface area (Å²) in [5, 5.41) is 0. The lowest BCUT2D eigenvalue weighted by molar-refractivity contribution is -0.156. The molecular formula is C20H32NO7P. The maximum absolute atomic E-state index is 13.7. The minimum atomic E-state index is -3.74. The lowest BCUT2D eigenvalue weighted by Gasteiger charge is -2.42. The first-order valence-electron chi connectivity index (χ1n) is 10.2. The summed E-state index contributed by atoms with van der Waals surface area (Å²) in [6, 6.07) is -1.54. The number of rotatable bonds is 9. The number of likely N-dealkylation sites (tertiary alicyclic amines) is 1. The van der Waals surface area contributed by atoms with Crippen molar-refractivity contribution in [1.29, 1.82) is 0 Å². The van der Waals surface area contributed by atoms with Gasteiger partial charge in [0.1, 0.15) is 11.8 Å². The molecule has 29 heavy (non-hydrogen) atoms. The number of ether oxygens (including phenoxy) is 1. The second-order valence-corrected chi connectivity index (χ2v) is 9.77. The van der Waals surface area contributed by atoms with E-state index in [1.54, 1.807) is 39.8 Å². The lowest BCUT2D eigenvalue weighted by atomic mass is 9.86. The molecule has 164 valence electrons. The molecule has 2 aliphatic rings. The molecule has 4 atom stereocenters. The van der Waals surface area contributed by atoms with Gasteiger partial charge in [-0.15, -0.1) is 0 Å². The van der Waals surface area contributed by atoms with Crippen molar-refractivity contribution in [3.63, 3.8) is 0 Å². The van der Waals surface area contributed by atoms with E-state index in [9.17, 15) is 18.9 Å². The Balaban J connectivity index is 2.50. The summed E-state index contributed by atoms with van der Waals surface area (Å²) in [5.41, 5.74) is -0.874. The molecule has 0 spiro atoms. The van der Waals surface area contributed by atoms with Gasteiger partial charge in [-0.05, 0) is 47.5 Å². The Bertz CT molecular complexity index is 695. The summed E-state index contributed by atoms with van der Waals surface area (Å²) in [6.45, 7) is 8.60. The molecule has 2 rings (SSSR count). The molecule has 0 aromatic heterocycles. The van der Waals surface area contributed by atoms with Gasteiger partial charge in [-0.25, -0.2) is 4.79 Å². The summed E-state index contributed by atoms with van der Waals surface area (Å²) in [7, 11) is -3.74. The predicted molar refractivity (Wildman–Crippen MR) is 107 cm³/mol. The molecule has 9 heteroatoms. The van der Waals surface area contributed by atoms with Crippen LogP contribution in [0.2, 0.25) is 0 Å². The van der Waals surface area contributed by atoms with Crippen LogP contribution in [-0.4, -0.2) is 59.6 Å². The molecule has 1 fully saturated rings. The zero-order valence-electron chi connectivity index (χ0n) is 17.8. The first kappa shape index (κ1) is 23.8. The first-order valence-corrected chi connectivity index (χ1v) is 11.8. The molecule has 0 saturated carbocycles. The topological polar surface area (TPSA) is 99.2 Å². The van der Waals surface area contributed by atoms with E-state index in [4.69, 9.17) is 13.8 Å². The molecular weight excluding hydrogens is 397 g/mol. The summed E-state index contributed by atoms with van der Waals surface area (Å²) in [5.74, 6) is -1.52. The largest absolute Gasteiger partial charge is 0.461 e. The van der Waals surface area contributed by atoms with Crippen LogP contribution in [-0.2, 0) is 32.7 Å². The Morgan fingerprint density at radius 1 is 1.24 bits per heavy atom. The Labute approximate surface area is 172 Å². The zero-order chi connectivity index (χ0) is 21.8. The standard InChI is InChI=1S/C20H32NO7P/c1-6-26-29(25,27-7-2)19-15(14(5)22)9-8-10-16(19)21-17(11-12-18(21)23)20(24)28-13(3)4/h8,10,13,15-17,19H,6-7,9,11-12H2,1-5H3/t15?,16-,17+,19?/m1/s1. The molecule has 1 heterocycles. The molecule has 1 amide bonds. The van der Waals surface area contributed by atoms with Crippen LogP contribution in [0.25, 0.3) is 0 Å². The van der Waals surface area contributed by atoms with Crippen LogP contribution in [0.15, 0.2) is 12.2 Å². The van der Waals surface area contributed by atoms with Crippen LogP contribution in [0, 0.1) is 5.92 Å². The maximum atomic E-state index is 13.7. The van der Waals surface area contributed by atoms with Gasteiger partial charge in [-0.2, -0.15) is 0 Å². The quantitative estimate of drug-likeness (QED) is 0.315. The monoisotopic (exact) mass is 429 g/mol. The highest BCUT2D eigenvalue weighted by Crippen LogP contribution is 2.59. The van der Waals surface area contributed by atoms with E-state index >= 15 is 0 Å². The van der Waals surface area contributed by atoms with Gasteiger partial charge in [0.15, 0.2) is 0 Å². The van der Waals surface area contributed by atoms with E-state index in [-0.39, 0.29) is 37.4 Å². The van der Waals surface area contributed by atoms with Gasteiger partial charge < -0.3 is 18.7 Å². The average Bonchev–Trinajstić information content (AvgIpc) is 3.02. The number of allylic oxidation sites excluding steroid dienone is 1. The number of hydrogen-bond donors (Lipinski definition) is 0. The third-order valence-electron chi connectivity index (χ3n) is 5.19. The van der Waals surface area contributed by atoms with E-state index in [1.165, 1.54) is 11.8 Å². The normalized spacial score (nSPS) is 27.5. The SMILES string of the molecule is CCOP(=O)(OCC)C1C(C(C)=O)CC=C[C@H]1N1C(=O)CC[C@H]1C(=O)OC(C)C. The predicted octanol–water partition coefficient (Wildman–Crippen LogP) is 3.10. The number of hydrogen-bond acceptors (Lipinski definition) is 7. The minimum absolute atomic E-state index is 0.140. The number of amides is 1. The minimum Gasteiger partial charge on any atom is -0.461 e. The molecule has 1 aliphatic heterocycles. The van der Waals surface area contributed by atoms with Crippen molar-refractivity contribution >= 4 is 25.3 Å². The molecule has 0 radical (unpaired) electrons. The van der Waals surface area contributed by atoms with Crippen molar-refractivity contribution in [1.82, 2.24) is 4.90 Å². The van der Waals surface area contributed by atoms with Crippen LogP contribution < -0.4 is 0 Å². The summed E-state index contributed by atoms with van der Waals surface area (Å²) in [4.78, 5) is 39.2. The van der Waals surface area contributed by atoms with Gasteiger partial charge >= 0.3 is 13.6 Å². The van der Waals surface area contributed by atoms with E-state index in [1.807, 2.05) is 0 Å². The van der Waals surface area contributed by atoms with Crippen LogP contribution >= 0.6 is 7.60 Å². The van der Waals surface area contributed by atoms with Crippen LogP contribution in [0.4, 0.5) is 0 Å². The highest BCUT2D eigenvalue weighted by atomic mass is 31.2. The van der Waals surface area contributed by atoms with Gasteiger partial charge in [0, 0.05) is 12.3 Å². The van der Waals surface area contributed by atoms with Crippen molar-refractivity contribution in [3.8, 4) is 0 Å². The summed E-state index contributed by atoms with van der Waals surface area (Å²) in [6.07, 6.45) is 4.11. The molecule has 0 bridgehead atoms. The number of carbonyl (C=O) groups is 3. The van der Waals surface area contributed by atoms with Gasteiger partial charge in [0.05, 0.1) is 31.0 Å². The van der Waals surface area contributed by atoms with E-state index in [0.29, 0.717) is 12.8 Å². The van der Waals surface area contributed by atoms with Crippen molar-refractivity contribution in [2.45, 2.75) is 77.7 Å². The van der Waals surface area contributed by atoms with E-state index in [0.717, 1.165) is 0 Å². The van der Waals surface area contributed by atoms with Crippen molar-refractivity contribution in [3.05, 3.63) is 12.2 Å². The third-order valence-corrected chi connectivity index (χ3v) is 7.82. The molecule has 0 aromatic rings. The highest BCUT2D eigenvalue weighted by molar-refractivity contribution is 7.54. The number of ketones is 1. The van der Waals surface area contributed by atoms with Crippen LogP contribution in [0.1, 0.15) is 53.9 Å². The zero-order valence-corrected chi connectivity index (χ0v) is 18.7. The second kappa shape index (κ2) is 10.0. The molecule has 0 N–H and O–H groups in total. The summed E-state index contributed by atoms with van der Waals surface area (Å²) < 4.78 is 30.2. The number of carbonyl (C=O) groups excluding carboxylic acids is 3. The Morgan fingerprint density at radius 3 is 2.38 bits per heavy atom. The van der Waals surface area contributed by atoms with Gasteiger partial charge in [-0.3, -0.25) is 14.2 Å². The fourth-order valence-electron chi connectivity index (χ4n) is 4.11. The Kier molecular flexibility index (Phi) is 8.20. The van der Waals surface area contributed by atoms with Crippen LogP contribution in [0.3, 0.4) is 0 Å². The maximum Gasteiger partial charge on any atom is 0.336 e. The van der Waals surface area contributed by atoms with Gasteiger partial charge in [0.25, 0.3) is 0 Å². The molecule has 1 aliphatic carbocycles. The molecule has 1 saturated heterocycles. The number of Topliss-reactive ketones (excluding diaryl/α,β-unsaturated/α-hetero) is 1. The summed E-state index contributed by atoms with van der Waals surface area (Å²) >= 11 is 0. The van der Waals surface area contributed by atoms with Gasteiger partial charge in [0.2, 0.25) is 5.91 Å². The number of nitrogens with zero attached hydrogens (tertiary/aromatic N) is 1. The van der Waals surface area contributed by atoms with E-state index in [2.05, 4.69) is 0 Å². The first-order chi connectivity index (χ1) is 13.7. The third kappa shape index (κ3) is 5.16. The molecule has 0 aromatic carbocycles. The second-order valence-electron chi connectivity index (χ2n) is 7.58. The van der Waals surface area contributed by atoms with Crippen LogP contribution in [0.5, 0.6) is 0 Å². The smallest absolute Gasteiger partial charge is 0.336 e. The van der Waals surface area contributed by atoms with Crippen molar-refractivity contribution in [2.24, 2.45) is 5.92 Å². The molecule has 8 nitrogen and oxygen atoms in total. The highest BCUT2D eigenvalue weighted by Gasteiger charge is 2.54. The fraction of sp³-hybridized carbons (Fsp3) is 0.750. The molecule has 2 unspecified atom stereocenters. The number of esters is 1. The lowest BCUT2D eigenvalue weighted by Crippen LogP contribution is -2.54. The Morgan fingerprint density at radius 2 is 1.86 bits per heavy atom. The van der Waals surface area contributed by atoms with Gasteiger partial charge in [-0.1, -0.05) is 12.2 Å². The van der Waals surface area contributed by atoms with Crippen molar-refractivity contribution < 1.29 is 32.7 Å². The van der Waals surface area contributed by atoms with Crippen molar-refractivity contribution in [2.75, 3.05) is 13.2 Å². The Hall–Kier alpha value is -1.50. The van der Waals surface area contributed by atoms with E-state index < -0.39 is 37.2 Å². The fourth-order valence-corrected chi connectivity index (χ4v) is 6.64. The average molecular weight is 429 g/mol.